The van der Waals surface area contributed by atoms with Crippen molar-refractivity contribution >= 4 is 5.91 Å². The normalized spacial score (nSPS) is 21.8. The molecule has 3 heteroatoms. The highest BCUT2D eigenvalue weighted by molar-refractivity contribution is 5.78. The van der Waals surface area contributed by atoms with Crippen molar-refractivity contribution in [3.63, 3.8) is 0 Å². The van der Waals surface area contributed by atoms with Crippen LogP contribution in [0.25, 0.3) is 0 Å². The molecule has 3 nitrogen and oxygen atoms in total. The number of allylic oxidation sites excluding steroid dienone is 1. The molecule has 0 heterocycles. The number of nitrogens with one attached hydrogen (secondary N) is 2. The maximum absolute atomic E-state index is 12.2. The van der Waals surface area contributed by atoms with Gasteiger partial charge in [0.05, 0.1) is 6.04 Å². The molecule has 1 amide bonds. The molecule has 0 bridgehead atoms. The molecule has 0 aliphatic heterocycles. The molecule has 0 saturated heterocycles. The fourth-order valence-electron chi connectivity index (χ4n) is 3.12. The first kappa shape index (κ1) is 20.4. The summed E-state index contributed by atoms with van der Waals surface area (Å²) in [4.78, 5) is 12.2. The molecule has 1 saturated carbocycles. The van der Waals surface area contributed by atoms with Gasteiger partial charge in [0.1, 0.15) is 0 Å². The number of carbonyl (C=O) groups excluding carboxylic acids is 1. The van der Waals surface area contributed by atoms with Gasteiger partial charge in [-0.1, -0.05) is 42.4 Å². The van der Waals surface area contributed by atoms with E-state index in [9.17, 15) is 4.79 Å². The van der Waals surface area contributed by atoms with E-state index >= 15 is 0 Å². The van der Waals surface area contributed by atoms with E-state index in [0.717, 1.165) is 37.2 Å². The summed E-state index contributed by atoms with van der Waals surface area (Å²) in [5.74, 6) is 0.831. The van der Waals surface area contributed by atoms with E-state index in [-0.39, 0.29) is 18.0 Å². The number of carbonyl (C=O) groups is 1. The van der Waals surface area contributed by atoms with Crippen molar-refractivity contribution in [3.05, 3.63) is 48.6 Å². The van der Waals surface area contributed by atoms with Crippen LogP contribution in [0.4, 0.5) is 0 Å². The highest BCUT2D eigenvalue weighted by Crippen LogP contribution is 2.30. The van der Waals surface area contributed by atoms with Gasteiger partial charge in [0.2, 0.25) is 5.91 Å². The second kappa shape index (κ2) is 11.0. The van der Waals surface area contributed by atoms with Crippen molar-refractivity contribution in [2.75, 3.05) is 7.05 Å². The summed E-state index contributed by atoms with van der Waals surface area (Å²) in [6, 6.07) is 0.306. The van der Waals surface area contributed by atoms with Crippen LogP contribution in [0.2, 0.25) is 0 Å². The maximum Gasteiger partial charge on any atom is 0.224 e. The summed E-state index contributed by atoms with van der Waals surface area (Å²) < 4.78 is 0. The Kier molecular flexibility index (Phi) is 9.39. The van der Waals surface area contributed by atoms with Gasteiger partial charge in [-0.2, -0.15) is 0 Å². The smallest absolute Gasteiger partial charge is 0.224 e. The second-order valence-electron chi connectivity index (χ2n) is 7.06. The van der Waals surface area contributed by atoms with Crippen LogP contribution < -0.4 is 10.6 Å². The van der Waals surface area contributed by atoms with E-state index in [1.807, 2.05) is 32.2 Å². The number of rotatable bonds is 10. The predicted molar refractivity (Wildman–Crippen MR) is 104 cm³/mol. The SMILES string of the molecule is C=CCC(/C=C\CC(=O)N[C@@H](/C=C1/CCC(C)C1)CC(=C)C)NC. The second-order valence-corrected chi connectivity index (χ2v) is 7.06. The Hall–Kier alpha value is -1.61. The monoisotopic (exact) mass is 330 g/mol. The van der Waals surface area contributed by atoms with Crippen LogP contribution in [0.1, 0.15) is 52.4 Å². The number of amides is 1. The van der Waals surface area contributed by atoms with Gasteiger partial charge < -0.3 is 10.6 Å². The zero-order valence-electron chi connectivity index (χ0n) is 15.6. The van der Waals surface area contributed by atoms with Gasteiger partial charge in [0.15, 0.2) is 0 Å². The molecular formula is C21H34N2O. The van der Waals surface area contributed by atoms with Crippen LogP contribution in [-0.4, -0.2) is 25.0 Å². The van der Waals surface area contributed by atoms with Gasteiger partial charge in [0, 0.05) is 12.5 Å². The lowest BCUT2D eigenvalue weighted by atomic mass is 10.0. The van der Waals surface area contributed by atoms with E-state index in [4.69, 9.17) is 0 Å². The Morgan fingerprint density at radius 2 is 2.17 bits per heavy atom. The number of hydrogen-bond acceptors (Lipinski definition) is 2. The summed E-state index contributed by atoms with van der Waals surface area (Å²) >= 11 is 0. The van der Waals surface area contributed by atoms with E-state index in [0.29, 0.717) is 6.42 Å². The largest absolute Gasteiger partial charge is 0.349 e. The summed E-state index contributed by atoms with van der Waals surface area (Å²) in [5.41, 5.74) is 2.57. The summed E-state index contributed by atoms with van der Waals surface area (Å²) in [5, 5.41) is 6.33. The van der Waals surface area contributed by atoms with Crippen LogP contribution in [0.3, 0.4) is 0 Å². The van der Waals surface area contributed by atoms with Gasteiger partial charge in [0.25, 0.3) is 0 Å². The summed E-state index contributed by atoms with van der Waals surface area (Å²) in [6.07, 6.45) is 13.8. The van der Waals surface area contributed by atoms with Gasteiger partial charge in [-0.25, -0.2) is 0 Å². The van der Waals surface area contributed by atoms with Crippen LogP contribution in [0, 0.1) is 5.92 Å². The van der Waals surface area contributed by atoms with Crippen molar-refractivity contribution in [2.45, 2.75) is 64.5 Å². The van der Waals surface area contributed by atoms with Crippen LogP contribution in [-0.2, 0) is 4.79 Å². The van der Waals surface area contributed by atoms with Gasteiger partial charge in [-0.15, -0.1) is 13.2 Å². The molecule has 2 N–H and O–H groups in total. The minimum absolute atomic E-state index is 0.0638. The fourth-order valence-corrected chi connectivity index (χ4v) is 3.12. The van der Waals surface area contributed by atoms with Crippen molar-refractivity contribution < 1.29 is 4.79 Å². The zero-order valence-corrected chi connectivity index (χ0v) is 15.6. The van der Waals surface area contributed by atoms with Crippen molar-refractivity contribution in [2.24, 2.45) is 5.92 Å². The fraction of sp³-hybridized carbons (Fsp3) is 0.571. The summed E-state index contributed by atoms with van der Waals surface area (Å²) in [6.45, 7) is 12.0. The highest BCUT2D eigenvalue weighted by Gasteiger charge is 2.17. The topological polar surface area (TPSA) is 41.1 Å². The average molecular weight is 331 g/mol. The molecule has 1 aliphatic carbocycles. The molecule has 1 fully saturated rings. The van der Waals surface area contributed by atoms with Gasteiger partial charge in [-0.05, 0) is 52.0 Å². The van der Waals surface area contributed by atoms with Gasteiger partial charge in [-0.3, -0.25) is 4.79 Å². The van der Waals surface area contributed by atoms with E-state index in [2.05, 4.69) is 36.8 Å². The molecule has 1 aliphatic rings. The molecule has 0 aromatic carbocycles. The molecule has 134 valence electrons. The lowest BCUT2D eigenvalue weighted by Gasteiger charge is -2.16. The molecule has 2 unspecified atom stereocenters. The van der Waals surface area contributed by atoms with E-state index < -0.39 is 0 Å². The molecule has 0 aromatic rings. The molecular weight excluding hydrogens is 296 g/mol. The first-order valence-corrected chi connectivity index (χ1v) is 9.02. The molecule has 24 heavy (non-hydrogen) atoms. The summed E-state index contributed by atoms with van der Waals surface area (Å²) in [7, 11) is 1.91. The van der Waals surface area contributed by atoms with Crippen molar-refractivity contribution in [1.29, 1.82) is 0 Å². The Bertz CT molecular complexity index is 490. The minimum atomic E-state index is 0.0638. The third-order valence-electron chi connectivity index (χ3n) is 4.38. The molecule has 0 radical (unpaired) electrons. The third kappa shape index (κ3) is 8.30. The van der Waals surface area contributed by atoms with Crippen LogP contribution >= 0.6 is 0 Å². The Labute approximate surface area is 148 Å². The molecule has 0 aromatic heterocycles. The van der Waals surface area contributed by atoms with E-state index in [1.165, 1.54) is 12.0 Å². The molecule has 3 atom stereocenters. The van der Waals surface area contributed by atoms with Gasteiger partial charge >= 0.3 is 0 Å². The first-order valence-electron chi connectivity index (χ1n) is 9.02. The van der Waals surface area contributed by atoms with E-state index in [1.54, 1.807) is 0 Å². The quantitative estimate of drug-likeness (QED) is 0.587. The third-order valence-corrected chi connectivity index (χ3v) is 4.38. The van der Waals surface area contributed by atoms with Crippen molar-refractivity contribution in [3.8, 4) is 0 Å². The Balaban J connectivity index is 2.56. The molecule has 0 spiro atoms. The van der Waals surface area contributed by atoms with Crippen LogP contribution in [0.5, 0.6) is 0 Å². The zero-order chi connectivity index (χ0) is 17.9. The van der Waals surface area contributed by atoms with Crippen molar-refractivity contribution in [1.82, 2.24) is 10.6 Å². The standard InChI is InChI=1S/C21H34N2O/c1-6-8-19(22-5)9-7-10-21(24)23-20(13-16(2)3)15-18-12-11-17(4)14-18/h6-7,9,15,17,19-20,22H,1-2,8,10-14H2,3-5H3,(H,23,24)/b9-7-,18-15-/t17?,19?,20-/m1/s1. The lowest BCUT2D eigenvalue weighted by molar-refractivity contribution is -0.120. The Morgan fingerprint density at radius 3 is 2.71 bits per heavy atom. The first-order chi connectivity index (χ1) is 11.4. The number of hydrogen-bond donors (Lipinski definition) is 2. The lowest BCUT2D eigenvalue weighted by Crippen LogP contribution is -2.33. The molecule has 1 rings (SSSR count). The Morgan fingerprint density at radius 1 is 1.42 bits per heavy atom. The highest BCUT2D eigenvalue weighted by atomic mass is 16.1. The predicted octanol–water partition coefficient (Wildman–Crippen LogP) is 4.29. The number of likely N-dealkylation sites (N-methyl/N-ethyl adjacent to an activating group) is 1. The minimum Gasteiger partial charge on any atom is -0.349 e. The maximum atomic E-state index is 12.2. The average Bonchev–Trinajstić information content (AvgIpc) is 2.90. The van der Waals surface area contributed by atoms with Crippen LogP contribution in [0.15, 0.2) is 48.6 Å².